The van der Waals surface area contributed by atoms with E-state index in [0.717, 1.165) is 28.5 Å². The number of hydrogen-bond acceptors (Lipinski definition) is 3. The van der Waals surface area contributed by atoms with Gasteiger partial charge in [0.05, 0.1) is 4.91 Å². The third-order valence-electron chi connectivity index (χ3n) is 3.01. The van der Waals surface area contributed by atoms with Gasteiger partial charge in [0.2, 0.25) is 0 Å². The highest BCUT2D eigenvalue weighted by atomic mass is 35.5. The zero-order valence-electron chi connectivity index (χ0n) is 10.8. The highest BCUT2D eigenvalue weighted by Gasteiger charge is 2.24. The monoisotopic (exact) mass is 315 g/mol. The van der Waals surface area contributed by atoms with Gasteiger partial charge >= 0.3 is 0 Å². The number of thioether (sulfide) groups is 1. The minimum Gasteiger partial charge on any atom is -0.282 e. The maximum atomic E-state index is 11.6. The Labute approximate surface area is 131 Å². The quantitative estimate of drug-likeness (QED) is 0.839. The second kappa shape index (κ2) is 5.76. The molecule has 0 unspecified atom stereocenters. The van der Waals surface area contributed by atoms with Gasteiger partial charge in [0.1, 0.15) is 0 Å². The summed E-state index contributed by atoms with van der Waals surface area (Å²) in [6, 6.07) is 15.2. The molecule has 0 saturated carbocycles. The van der Waals surface area contributed by atoms with Crippen LogP contribution >= 0.6 is 23.4 Å². The summed E-state index contributed by atoms with van der Waals surface area (Å²) in [7, 11) is 0. The average molecular weight is 316 g/mol. The molecule has 0 spiro atoms. The van der Waals surface area contributed by atoms with E-state index in [1.165, 1.54) is 0 Å². The molecule has 1 fully saturated rings. The molecule has 3 nitrogen and oxygen atoms in total. The first-order chi connectivity index (χ1) is 10.1. The molecule has 1 saturated heterocycles. The van der Waals surface area contributed by atoms with E-state index in [-0.39, 0.29) is 11.1 Å². The van der Waals surface area contributed by atoms with Crippen LogP contribution in [0.5, 0.6) is 0 Å². The maximum absolute atomic E-state index is 11.6. The molecule has 104 valence electrons. The predicted molar refractivity (Wildman–Crippen MR) is 86.0 cm³/mol. The number of carbonyl (C=O) groups is 2. The molecule has 1 heterocycles. The van der Waals surface area contributed by atoms with Crippen LogP contribution in [0, 0.1) is 0 Å². The molecule has 5 heteroatoms. The van der Waals surface area contributed by atoms with Crippen molar-refractivity contribution in [2.45, 2.75) is 0 Å². The molecule has 1 N–H and O–H groups in total. The topological polar surface area (TPSA) is 46.2 Å². The molecule has 1 aliphatic rings. The summed E-state index contributed by atoms with van der Waals surface area (Å²) >= 11 is 7.10. The van der Waals surface area contributed by atoms with E-state index in [0.29, 0.717) is 9.93 Å². The van der Waals surface area contributed by atoms with Gasteiger partial charge in [0, 0.05) is 10.6 Å². The number of nitrogens with one attached hydrogen (secondary N) is 1. The van der Waals surface area contributed by atoms with Crippen molar-refractivity contribution in [3.63, 3.8) is 0 Å². The van der Waals surface area contributed by atoms with Crippen LogP contribution in [-0.4, -0.2) is 11.1 Å². The van der Waals surface area contributed by atoms with E-state index in [9.17, 15) is 9.59 Å². The number of rotatable bonds is 2. The minimum absolute atomic E-state index is 0.339. The molecule has 3 rings (SSSR count). The molecule has 0 radical (unpaired) electrons. The largest absolute Gasteiger partial charge is 0.290 e. The molecule has 2 amide bonds. The summed E-state index contributed by atoms with van der Waals surface area (Å²) in [4.78, 5) is 23.1. The number of hydrogen-bond donors (Lipinski definition) is 1. The van der Waals surface area contributed by atoms with E-state index in [1.807, 2.05) is 48.5 Å². The summed E-state index contributed by atoms with van der Waals surface area (Å²) in [5, 5.41) is 2.57. The van der Waals surface area contributed by atoms with Gasteiger partial charge in [-0.2, -0.15) is 0 Å². The van der Waals surface area contributed by atoms with Crippen LogP contribution in [0.1, 0.15) is 5.56 Å². The molecule has 0 aliphatic carbocycles. The maximum Gasteiger partial charge on any atom is 0.290 e. The first-order valence-electron chi connectivity index (χ1n) is 6.23. The van der Waals surface area contributed by atoms with Gasteiger partial charge < -0.3 is 0 Å². The highest BCUT2D eigenvalue weighted by Crippen LogP contribution is 2.30. The van der Waals surface area contributed by atoms with Crippen molar-refractivity contribution in [3.05, 3.63) is 64.0 Å². The summed E-state index contributed by atoms with van der Waals surface area (Å²) in [6.07, 6.45) is 1.70. The SMILES string of the molecule is O=C1NC(=O)/C(=C/c2cccc(-c3ccccc3Cl)c2)S1. The number of halogens is 1. The van der Waals surface area contributed by atoms with Crippen LogP contribution in [0.4, 0.5) is 4.79 Å². The molecule has 0 aromatic heterocycles. The Hall–Kier alpha value is -2.04. The summed E-state index contributed by atoms with van der Waals surface area (Å²) in [6.45, 7) is 0. The molecular weight excluding hydrogens is 306 g/mol. The second-order valence-electron chi connectivity index (χ2n) is 4.46. The van der Waals surface area contributed by atoms with E-state index < -0.39 is 0 Å². The molecule has 2 aromatic carbocycles. The van der Waals surface area contributed by atoms with Crippen LogP contribution < -0.4 is 5.32 Å². The smallest absolute Gasteiger partial charge is 0.282 e. The van der Waals surface area contributed by atoms with Crippen LogP contribution in [0.25, 0.3) is 17.2 Å². The average Bonchev–Trinajstić information content (AvgIpc) is 2.78. The van der Waals surface area contributed by atoms with Crippen LogP contribution in [0.3, 0.4) is 0 Å². The summed E-state index contributed by atoms with van der Waals surface area (Å²) in [5.41, 5.74) is 2.74. The third kappa shape index (κ3) is 3.01. The first-order valence-corrected chi connectivity index (χ1v) is 7.43. The predicted octanol–water partition coefficient (Wildman–Crippen LogP) is 4.33. The fourth-order valence-corrected chi connectivity index (χ4v) is 2.99. The van der Waals surface area contributed by atoms with Crippen LogP contribution in [-0.2, 0) is 4.79 Å². The van der Waals surface area contributed by atoms with Crippen molar-refractivity contribution >= 4 is 40.6 Å². The van der Waals surface area contributed by atoms with Crippen LogP contribution in [0.15, 0.2) is 53.4 Å². The Morgan fingerprint density at radius 2 is 1.86 bits per heavy atom. The van der Waals surface area contributed by atoms with Gasteiger partial charge in [0.25, 0.3) is 11.1 Å². The molecule has 21 heavy (non-hydrogen) atoms. The Bertz CT molecular complexity index is 770. The number of imide groups is 1. The molecule has 2 aromatic rings. The summed E-state index contributed by atoms with van der Waals surface area (Å²) < 4.78 is 0. The van der Waals surface area contributed by atoms with E-state index in [1.54, 1.807) is 6.08 Å². The van der Waals surface area contributed by atoms with Crippen molar-refractivity contribution in [2.75, 3.05) is 0 Å². The lowest BCUT2D eigenvalue weighted by molar-refractivity contribution is -0.115. The van der Waals surface area contributed by atoms with Crippen molar-refractivity contribution in [1.82, 2.24) is 5.32 Å². The van der Waals surface area contributed by atoms with Crippen molar-refractivity contribution in [3.8, 4) is 11.1 Å². The van der Waals surface area contributed by atoms with E-state index in [2.05, 4.69) is 5.32 Å². The van der Waals surface area contributed by atoms with Gasteiger partial charge in [-0.1, -0.05) is 48.0 Å². The molecule has 0 bridgehead atoms. The Morgan fingerprint density at radius 3 is 2.57 bits per heavy atom. The first kappa shape index (κ1) is 13.9. The summed E-state index contributed by atoms with van der Waals surface area (Å²) in [5.74, 6) is -0.354. The Kier molecular flexibility index (Phi) is 3.82. The lowest BCUT2D eigenvalue weighted by Gasteiger charge is -2.05. The highest BCUT2D eigenvalue weighted by molar-refractivity contribution is 8.18. The van der Waals surface area contributed by atoms with Gasteiger partial charge in [0.15, 0.2) is 0 Å². The van der Waals surface area contributed by atoms with Gasteiger partial charge in [-0.3, -0.25) is 14.9 Å². The molecule has 1 aliphatic heterocycles. The standard InChI is InChI=1S/C16H10ClNO2S/c17-13-7-2-1-6-12(13)11-5-3-4-10(8-11)9-14-15(19)18-16(20)21-14/h1-9H,(H,18,19,20)/b14-9-. The normalized spacial score (nSPS) is 16.3. The Morgan fingerprint density at radius 1 is 1.05 bits per heavy atom. The van der Waals surface area contributed by atoms with Crippen LogP contribution in [0.2, 0.25) is 5.02 Å². The zero-order chi connectivity index (χ0) is 14.8. The van der Waals surface area contributed by atoms with Gasteiger partial charge in [-0.05, 0) is 41.1 Å². The van der Waals surface area contributed by atoms with Gasteiger partial charge in [-0.25, -0.2) is 0 Å². The number of amides is 2. The van der Waals surface area contributed by atoms with Crippen molar-refractivity contribution in [2.24, 2.45) is 0 Å². The Balaban J connectivity index is 1.98. The molecule has 0 atom stereocenters. The zero-order valence-corrected chi connectivity index (χ0v) is 12.4. The van der Waals surface area contributed by atoms with Crippen molar-refractivity contribution in [1.29, 1.82) is 0 Å². The minimum atomic E-state index is -0.354. The van der Waals surface area contributed by atoms with Gasteiger partial charge in [-0.15, -0.1) is 0 Å². The fourth-order valence-electron chi connectivity index (χ4n) is 2.06. The fraction of sp³-hybridized carbons (Fsp3) is 0. The third-order valence-corrected chi connectivity index (χ3v) is 4.15. The number of carbonyl (C=O) groups excluding carboxylic acids is 2. The molecular formula is C16H10ClNO2S. The lowest BCUT2D eigenvalue weighted by Crippen LogP contribution is -2.17. The number of benzene rings is 2. The lowest BCUT2D eigenvalue weighted by atomic mass is 10.0. The van der Waals surface area contributed by atoms with Crippen molar-refractivity contribution < 1.29 is 9.59 Å². The van der Waals surface area contributed by atoms with E-state index >= 15 is 0 Å². The van der Waals surface area contributed by atoms with E-state index in [4.69, 9.17) is 11.6 Å². The second-order valence-corrected chi connectivity index (χ2v) is 5.88.